The predicted octanol–water partition coefficient (Wildman–Crippen LogP) is 2.32. The third-order valence-corrected chi connectivity index (χ3v) is 6.13. The van der Waals surface area contributed by atoms with Crippen molar-refractivity contribution in [2.45, 2.75) is 51.7 Å². The molecule has 0 radical (unpaired) electrons. The van der Waals surface area contributed by atoms with E-state index in [1.165, 1.54) is 0 Å². The van der Waals surface area contributed by atoms with Crippen LogP contribution in [0, 0.1) is 5.92 Å². The zero-order valence-corrected chi connectivity index (χ0v) is 19.1. The van der Waals surface area contributed by atoms with E-state index in [0.29, 0.717) is 44.3 Å². The van der Waals surface area contributed by atoms with E-state index >= 15 is 0 Å². The molecular weight excluding hydrogens is 424 g/mol. The summed E-state index contributed by atoms with van der Waals surface area (Å²) in [5.74, 6) is 1.80. The van der Waals surface area contributed by atoms with Crippen LogP contribution < -0.4 is 26.4 Å². The number of anilines is 2. The average molecular weight is 457 g/mol. The Bertz CT molecular complexity index is 1020. The largest absolute Gasteiger partial charge is 0.491 e. The zero-order chi connectivity index (χ0) is 23.5. The molecule has 178 valence electrons. The molecule has 0 aliphatic carbocycles. The SMILES string of the molecule is CC(C)[C@@H]1COC(=O)N1c1cn2c(n1)-c1ccc(N[C@@H](CCCCN)C(N)=O)cc1OCC2. The normalized spacial score (nSPS) is 18.2. The molecule has 2 aliphatic heterocycles. The summed E-state index contributed by atoms with van der Waals surface area (Å²) in [5.41, 5.74) is 12.7. The minimum absolute atomic E-state index is 0.0519. The number of amides is 2. The number of unbranched alkanes of at least 4 members (excludes halogenated alkanes) is 1. The van der Waals surface area contributed by atoms with Gasteiger partial charge in [-0.2, -0.15) is 0 Å². The summed E-state index contributed by atoms with van der Waals surface area (Å²) in [6.45, 7) is 6.12. The van der Waals surface area contributed by atoms with Gasteiger partial charge in [-0.25, -0.2) is 9.78 Å². The monoisotopic (exact) mass is 456 g/mol. The zero-order valence-electron chi connectivity index (χ0n) is 19.1. The molecule has 2 aromatic rings. The van der Waals surface area contributed by atoms with Gasteiger partial charge in [0.25, 0.3) is 0 Å². The first-order valence-electron chi connectivity index (χ1n) is 11.5. The highest BCUT2D eigenvalue weighted by molar-refractivity contribution is 5.89. The minimum Gasteiger partial charge on any atom is -0.491 e. The molecule has 0 saturated carbocycles. The van der Waals surface area contributed by atoms with Crippen molar-refractivity contribution in [1.29, 1.82) is 0 Å². The van der Waals surface area contributed by atoms with E-state index in [4.69, 9.17) is 25.9 Å². The van der Waals surface area contributed by atoms with Gasteiger partial charge in [0.05, 0.1) is 18.2 Å². The van der Waals surface area contributed by atoms with Crippen molar-refractivity contribution in [3.8, 4) is 17.1 Å². The van der Waals surface area contributed by atoms with Crippen molar-refractivity contribution in [3.63, 3.8) is 0 Å². The van der Waals surface area contributed by atoms with Gasteiger partial charge in [0.15, 0.2) is 5.82 Å². The first kappa shape index (κ1) is 22.9. The molecular formula is C23H32N6O4. The minimum atomic E-state index is -0.483. The first-order chi connectivity index (χ1) is 15.9. The highest BCUT2D eigenvalue weighted by Crippen LogP contribution is 2.37. The number of benzene rings is 1. The number of carbonyl (C=O) groups excluding carboxylic acids is 2. The van der Waals surface area contributed by atoms with E-state index in [9.17, 15) is 9.59 Å². The molecule has 2 atom stereocenters. The Labute approximate surface area is 193 Å². The van der Waals surface area contributed by atoms with Crippen molar-refractivity contribution in [2.24, 2.45) is 17.4 Å². The Morgan fingerprint density at radius 2 is 2.12 bits per heavy atom. The standard InChI is InChI=1S/C23H32N6O4/c1-14(2)18-13-33-23(31)29(18)20-12-28-9-10-32-19-11-15(6-7-16(19)22(28)27-20)26-17(21(25)30)5-3-4-8-24/h6-7,11-12,14,17-18,26H,3-5,8-10,13,24H2,1-2H3,(H2,25,30)/t17-,18-/m0/s1. The van der Waals surface area contributed by atoms with Crippen molar-refractivity contribution in [1.82, 2.24) is 9.55 Å². The summed E-state index contributed by atoms with van der Waals surface area (Å²) >= 11 is 0. The van der Waals surface area contributed by atoms with Crippen LogP contribution in [0.25, 0.3) is 11.4 Å². The Kier molecular flexibility index (Phi) is 6.73. The Morgan fingerprint density at radius 3 is 2.85 bits per heavy atom. The lowest BCUT2D eigenvalue weighted by Crippen LogP contribution is -2.37. The quantitative estimate of drug-likeness (QED) is 0.492. The van der Waals surface area contributed by atoms with Crippen LogP contribution in [0.4, 0.5) is 16.3 Å². The maximum Gasteiger partial charge on any atom is 0.415 e. The lowest BCUT2D eigenvalue weighted by atomic mass is 10.1. The van der Waals surface area contributed by atoms with E-state index < -0.39 is 11.9 Å². The third-order valence-electron chi connectivity index (χ3n) is 6.13. The molecule has 1 aromatic heterocycles. The highest BCUT2D eigenvalue weighted by atomic mass is 16.6. The molecule has 33 heavy (non-hydrogen) atoms. The number of hydrogen-bond acceptors (Lipinski definition) is 7. The number of primary amides is 1. The molecule has 2 aliphatic rings. The van der Waals surface area contributed by atoms with Crippen LogP contribution in [0.2, 0.25) is 0 Å². The molecule has 1 aromatic carbocycles. The molecule has 1 fully saturated rings. The number of nitrogens with two attached hydrogens (primary N) is 2. The van der Waals surface area contributed by atoms with Gasteiger partial charge in [-0.05, 0) is 43.9 Å². The molecule has 5 N–H and O–H groups in total. The van der Waals surface area contributed by atoms with Gasteiger partial charge >= 0.3 is 6.09 Å². The second-order valence-electron chi connectivity index (χ2n) is 8.82. The van der Waals surface area contributed by atoms with Crippen LogP contribution in [0.15, 0.2) is 24.4 Å². The fourth-order valence-corrected chi connectivity index (χ4v) is 4.24. The first-order valence-corrected chi connectivity index (χ1v) is 11.5. The number of nitrogens with zero attached hydrogens (tertiary/aromatic N) is 3. The predicted molar refractivity (Wildman–Crippen MR) is 125 cm³/mol. The second-order valence-corrected chi connectivity index (χ2v) is 8.82. The van der Waals surface area contributed by atoms with Crippen molar-refractivity contribution < 1.29 is 19.1 Å². The number of nitrogens with one attached hydrogen (secondary N) is 1. The van der Waals surface area contributed by atoms with Gasteiger partial charge in [0, 0.05) is 18.0 Å². The molecule has 3 heterocycles. The number of fused-ring (bicyclic) bond motifs is 3. The molecule has 0 spiro atoms. The molecule has 10 nitrogen and oxygen atoms in total. The Hall–Kier alpha value is -3.27. The van der Waals surface area contributed by atoms with Crippen LogP contribution in [-0.4, -0.2) is 53.4 Å². The number of hydrogen-bond donors (Lipinski definition) is 3. The number of ether oxygens (including phenoxy) is 2. The highest BCUT2D eigenvalue weighted by Gasteiger charge is 2.38. The number of aromatic nitrogens is 2. The van der Waals surface area contributed by atoms with Gasteiger partial charge in [-0.1, -0.05) is 13.8 Å². The summed E-state index contributed by atoms with van der Waals surface area (Å²) in [7, 11) is 0. The number of imidazole rings is 1. The third kappa shape index (κ3) is 4.75. The van der Waals surface area contributed by atoms with Gasteiger partial charge in [0.2, 0.25) is 5.91 Å². The second kappa shape index (κ2) is 9.70. The maximum atomic E-state index is 12.4. The van der Waals surface area contributed by atoms with Crippen LogP contribution in [0.1, 0.15) is 33.1 Å². The van der Waals surface area contributed by atoms with E-state index in [0.717, 1.165) is 29.9 Å². The van der Waals surface area contributed by atoms with Crippen molar-refractivity contribution in [3.05, 3.63) is 24.4 Å². The summed E-state index contributed by atoms with van der Waals surface area (Å²) < 4.78 is 13.3. The van der Waals surface area contributed by atoms with E-state index in [1.54, 1.807) is 4.90 Å². The van der Waals surface area contributed by atoms with Crippen LogP contribution >= 0.6 is 0 Å². The fourth-order valence-electron chi connectivity index (χ4n) is 4.24. The van der Waals surface area contributed by atoms with E-state index in [2.05, 4.69) is 19.2 Å². The van der Waals surface area contributed by atoms with Crippen molar-refractivity contribution in [2.75, 3.05) is 30.0 Å². The summed E-state index contributed by atoms with van der Waals surface area (Å²) in [4.78, 5) is 30.7. The lowest BCUT2D eigenvalue weighted by molar-refractivity contribution is -0.118. The van der Waals surface area contributed by atoms with Crippen LogP contribution in [-0.2, 0) is 16.1 Å². The van der Waals surface area contributed by atoms with Crippen molar-refractivity contribution >= 4 is 23.5 Å². The van der Waals surface area contributed by atoms with Crippen LogP contribution in [0.5, 0.6) is 5.75 Å². The summed E-state index contributed by atoms with van der Waals surface area (Å²) in [6.07, 6.45) is 3.77. The molecule has 2 amide bonds. The molecule has 0 unspecified atom stereocenters. The summed E-state index contributed by atoms with van der Waals surface area (Å²) in [6, 6.07) is 5.11. The average Bonchev–Trinajstić information content (AvgIpc) is 3.32. The smallest absolute Gasteiger partial charge is 0.415 e. The summed E-state index contributed by atoms with van der Waals surface area (Å²) in [5, 5.41) is 3.21. The van der Waals surface area contributed by atoms with Gasteiger partial charge in [0.1, 0.15) is 30.8 Å². The van der Waals surface area contributed by atoms with Crippen LogP contribution in [0.3, 0.4) is 0 Å². The Balaban J connectivity index is 1.60. The van der Waals surface area contributed by atoms with E-state index in [-0.39, 0.29) is 18.1 Å². The van der Waals surface area contributed by atoms with Gasteiger partial charge < -0.3 is 30.8 Å². The van der Waals surface area contributed by atoms with Gasteiger partial charge in [-0.15, -0.1) is 0 Å². The molecule has 1 saturated heterocycles. The lowest BCUT2D eigenvalue weighted by Gasteiger charge is -2.22. The number of cyclic esters (lactones) is 1. The van der Waals surface area contributed by atoms with E-state index in [1.807, 2.05) is 29.0 Å². The Morgan fingerprint density at radius 1 is 1.30 bits per heavy atom. The molecule has 4 rings (SSSR count). The molecule has 0 bridgehead atoms. The molecule has 10 heteroatoms. The topological polar surface area (TPSA) is 138 Å². The fraction of sp³-hybridized carbons (Fsp3) is 0.522. The number of rotatable bonds is 9. The van der Waals surface area contributed by atoms with Gasteiger partial charge in [-0.3, -0.25) is 9.69 Å². The maximum absolute atomic E-state index is 12.4. The number of carbonyl (C=O) groups is 2.